The molecule has 1 amide bonds. The van der Waals surface area contributed by atoms with Gasteiger partial charge in [0, 0.05) is 25.3 Å². The Hall–Kier alpha value is -1.21. The molecule has 0 atom stereocenters. The number of nitrogens with zero attached hydrogens (tertiary/aromatic N) is 1. The molecule has 0 fully saturated rings. The van der Waals surface area contributed by atoms with Crippen LogP contribution < -0.4 is 9.62 Å². The first kappa shape index (κ1) is 19.1. The van der Waals surface area contributed by atoms with E-state index in [4.69, 9.17) is 0 Å². The second kappa shape index (κ2) is 9.32. The van der Waals surface area contributed by atoms with Crippen LogP contribution in [0.5, 0.6) is 0 Å². The van der Waals surface area contributed by atoms with Crippen LogP contribution >= 0.6 is 11.8 Å². The highest BCUT2D eigenvalue weighted by atomic mass is 32.2. The van der Waals surface area contributed by atoms with Crippen LogP contribution in [-0.2, 0) is 21.2 Å². The van der Waals surface area contributed by atoms with Gasteiger partial charge in [0.15, 0.2) is 0 Å². The Morgan fingerprint density at radius 2 is 2.08 bits per heavy atom. The van der Waals surface area contributed by atoms with Crippen LogP contribution in [0.3, 0.4) is 0 Å². The summed E-state index contributed by atoms with van der Waals surface area (Å²) < 4.78 is 26.4. The number of thioether (sulfide) groups is 1. The van der Waals surface area contributed by atoms with Crippen LogP contribution in [0, 0.1) is 0 Å². The third-order valence-electron chi connectivity index (χ3n) is 3.98. The maximum Gasteiger partial charge on any atom is 0.236 e. The zero-order valence-corrected chi connectivity index (χ0v) is 15.8. The number of carbonyl (C=O) groups excluding carboxylic acids is 1. The van der Waals surface area contributed by atoms with Crippen molar-refractivity contribution in [1.29, 1.82) is 0 Å². The third kappa shape index (κ3) is 5.41. The van der Waals surface area contributed by atoms with Crippen molar-refractivity contribution in [2.24, 2.45) is 0 Å². The minimum Gasteiger partial charge on any atom is -0.355 e. The van der Waals surface area contributed by atoms with Gasteiger partial charge in [0.05, 0.1) is 11.4 Å². The third-order valence-corrected chi connectivity index (χ3v) is 6.82. The number of para-hydroxylation sites is 1. The molecule has 0 saturated heterocycles. The Morgan fingerprint density at radius 1 is 1.29 bits per heavy atom. The molecule has 1 aromatic carbocycles. The minimum atomic E-state index is -3.39. The van der Waals surface area contributed by atoms with E-state index in [1.807, 2.05) is 24.3 Å². The smallest absolute Gasteiger partial charge is 0.236 e. The molecule has 134 valence electrons. The molecule has 24 heavy (non-hydrogen) atoms. The van der Waals surface area contributed by atoms with Gasteiger partial charge < -0.3 is 5.32 Å². The molecule has 7 heteroatoms. The number of sulfonamides is 1. The summed E-state index contributed by atoms with van der Waals surface area (Å²) in [7, 11) is -3.39. The topological polar surface area (TPSA) is 66.5 Å². The molecular formula is C17H26N2O3S2. The number of amides is 1. The van der Waals surface area contributed by atoms with Gasteiger partial charge in [-0.25, -0.2) is 8.42 Å². The van der Waals surface area contributed by atoms with Gasteiger partial charge in [-0.1, -0.05) is 31.5 Å². The van der Waals surface area contributed by atoms with Gasteiger partial charge in [-0.05, 0) is 30.2 Å². The molecule has 1 heterocycles. The van der Waals surface area contributed by atoms with E-state index in [9.17, 15) is 13.2 Å². The van der Waals surface area contributed by atoms with Gasteiger partial charge in [-0.3, -0.25) is 9.10 Å². The molecule has 0 bridgehead atoms. The van der Waals surface area contributed by atoms with E-state index in [-0.39, 0.29) is 18.2 Å². The molecule has 2 rings (SSSR count). The maximum atomic E-state index is 12.5. The van der Waals surface area contributed by atoms with E-state index in [1.165, 1.54) is 10.7 Å². The van der Waals surface area contributed by atoms with Gasteiger partial charge >= 0.3 is 0 Å². The fourth-order valence-corrected chi connectivity index (χ4v) is 5.08. The second-order valence-corrected chi connectivity index (χ2v) is 9.07. The summed E-state index contributed by atoms with van der Waals surface area (Å²) in [6.45, 7) is 2.80. The Labute approximate surface area is 149 Å². The van der Waals surface area contributed by atoms with Gasteiger partial charge in [0.1, 0.15) is 0 Å². The van der Waals surface area contributed by atoms with E-state index < -0.39 is 10.0 Å². The highest BCUT2D eigenvalue weighted by molar-refractivity contribution is 7.99. The van der Waals surface area contributed by atoms with Crippen LogP contribution in [0.4, 0.5) is 5.69 Å². The largest absolute Gasteiger partial charge is 0.355 e. The summed E-state index contributed by atoms with van der Waals surface area (Å²) in [4.78, 5) is 11.7. The lowest BCUT2D eigenvalue weighted by Gasteiger charge is -2.19. The first-order valence-electron chi connectivity index (χ1n) is 8.47. The number of benzene rings is 1. The van der Waals surface area contributed by atoms with Crippen molar-refractivity contribution < 1.29 is 13.2 Å². The van der Waals surface area contributed by atoms with E-state index in [2.05, 4.69) is 12.2 Å². The molecule has 0 radical (unpaired) electrons. The number of rotatable bonds is 10. The Morgan fingerprint density at radius 3 is 2.88 bits per heavy atom. The Bertz CT molecular complexity index is 647. The number of nitrogens with one attached hydrogen (secondary N) is 1. The molecule has 0 saturated carbocycles. The molecule has 5 nitrogen and oxygen atoms in total. The van der Waals surface area contributed by atoms with Gasteiger partial charge in [-0.15, -0.1) is 0 Å². The van der Waals surface area contributed by atoms with Crippen LogP contribution in [0.25, 0.3) is 0 Å². The predicted octanol–water partition coefficient (Wildman–Crippen LogP) is 2.42. The number of hydrogen-bond donors (Lipinski definition) is 1. The van der Waals surface area contributed by atoms with Crippen molar-refractivity contribution in [3.05, 3.63) is 29.8 Å². The van der Waals surface area contributed by atoms with Crippen LogP contribution in [0.2, 0.25) is 0 Å². The Kier molecular flexibility index (Phi) is 7.42. The van der Waals surface area contributed by atoms with Crippen molar-refractivity contribution in [2.75, 3.05) is 34.7 Å². The highest BCUT2D eigenvalue weighted by Gasteiger charge is 2.28. The van der Waals surface area contributed by atoms with Crippen molar-refractivity contribution >= 4 is 33.4 Å². The molecule has 1 aromatic rings. The summed E-state index contributed by atoms with van der Waals surface area (Å²) in [5, 5.41) is 2.72. The summed E-state index contributed by atoms with van der Waals surface area (Å²) in [5.41, 5.74) is 1.84. The standard InChI is InChI=1S/C17H26N2O3S2/c1-2-3-12-23-13-9-17(20)18-10-14-24(21,22)19-11-8-15-6-4-5-7-16(15)19/h4-7H,2-3,8-14H2,1H3,(H,18,20). The molecular weight excluding hydrogens is 344 g/mol. The maximum absolute atomic E-state index is 12.5. The number of fused-ring (bicyclic) bond motifs is 1. The van der Waals surface area contributed by atoms with E-state index >= 15 is 0 Å². The van der Waals surface area contributed by atoms with Crippen LogP contribution in [-0.4, -0.2) is 44.7 Å². The quantitative estimate of drug-likeness (QED) is 0.642. The lowest BCUT2D eigenvalue weighted by Crippen LogP contribution is -2.37. The molecule has 0 aromatic heterocycles. The molecule has 0 unspecified atom stereocenters. The fourth-order valence-electron chi connectivity index (χ4n) is 2.63. The van der Waals surface area contributed by atoms with Gasteiger partial charge in [0.25, 0.3) is 0 Å². The molecule has 1 N–H and O–H groups in total. The van der Waals surface area contributed by atoms with Crippen molar-refractivity contribution in [1.82, 2.24) is 5.32 Å². The molecule has 0 spiro atoms. The number of anilines is 1. The summed E-state index contributed by atoms with van der Waals surface area (Å²) in [6.07, 6.45) is 3.52. The SMILES string of the molecule is CCCCSCCC(=O)NCCS(=O)(=O)N1CCc2ccccc21. The van der Waals surface area contributed by atoms with Crippen LogP contribution in [0.15, 0.2) is 24.3 Å². The summed E-state index contributed by atoms with van der Waals surface area (Å²) in [5.74, 6) is 1.73. The average Bonchev–Trinajstić information content (AvgIpc) is 2.99. The van der Waals surface area contributed by atoms with Gasteiger partial charge in [0.2, 0.25) is 15.9 Å². The number of unbranched alkanes of at least 4 members (excludes halogenated alkanes) is 1. The van der Waals surface area contributed by atoms with Crippen molar-refractivity contribution in [3.8, 4) is 0 Å². The van der Waals surface area contributed by atoms with Gasteiger partial charge in [-0.2, -0.15) is 11.8 Å². The van der Waals surface area contributed by atoms with E-state index in [0.717, 1.165) is 35.6 Å². The average molecular weight is 371 g/mol. The number of carbonyl (C=O) groups is 1. The first-order chi connectivity index (χ1) is 11.5. The zero-order valence-electron chi connectivity index (χ0n) is 14.2. The van der Waals surface area contributed by atoms with Crippen LogP contribution in [0.1, 0.15) is 31.7 Å². The summed E-state index contributed by atoms with van der Waals surface area (Å²) >= 11 is 1.77. The Balaban J connectivity index is 1.73. The van der Waals surface area contributed by atoms with E-state index in [0.29, 0.717) is 13.0 Å². The highest BCUT2D eigenvalue weighted by Crippen LogP contribution is 2.29. The fraction of sp³-hybridized carbons (Fsp3) is 0.588. The summed E-state index contributed by atoms with van der Waals surface area (Å²) in [6, 6.07) is 7.58. The minimum absolute atomic E-state index is 0.0595. The monoisotopic (exact) mass is 370 g/mol. The van der Waals surface area contributed by atoms with Crippen molar-refractivity contribution in [3.63, 3.8) is 0 Å². The normalized spacial score (nSPS) is 13.8. The van der Waals surface area contributed by atoms with E-state index in [1.54, 1.807) is 11.8 Å². The lowest BCUT2D eigenvalue weighted by molar-refractivity contribution is -0.120. The molecule has 1 aliphatic heterocycles. The molecule has 0 aliphatic carbocycles. The second-order valence-electron chi connectivity index (χ2n) is 5.83. The van der Waals surface area contributed by atoms with Crippen molar-refractivity contribution in [2.45, 2.75) is 32.6 Å². The number of hydrogen-bond acceptors (Lipinski definition) is 4. The predicted molar refractivity (Wildman–Crippen MR) is 101 cm³/mol. The molecule has 1 aliphatic rings. The first-order valence-corrected chi connectivity index (χ1v) is 11.2. The lowest BCUT2D eigenvalue weighted by atomic mass is 10.2. The zero-order chi connectivity index (χ0) is 17.4.